The molecule has 1 heterocycles. The predicted molar refractivity (Wildman–Crippen MR) is 42.9 cm³/mol. The van der Waals surface area contributed by atoms with Crippen LogP contribution in [0.4, 0.5) is 0 Å². The van der Waals surface area contributed by atoms with E-state index in [0.29, 0.717) is 10.9 Å². The molecular formula is C6H7N3O2S. The molecule has 1 aromatic rings. The summed E-state index contributed by atoms with van der Waals surface area (Å²) >= 11 is 1.33. The van der Waals surface area contributed by atoms with Crippen molar-refractivity contribution in [3.63, 3.8) is 0 Å². The first kappa shape index (κ1) is 8.92. The number of hydrogen-bond acceptors (Lipinski definition) is 5. The highest BCUT2D eigenvalue weighted by molar-refractivity contribution is 7.98. The van der Waals surface area contributed by atoms with Crippen LogP contribution in [0.15, 0.2) is 11.4 Å². The van der Waals surface area contributed by atoms with E-state index in [9.17, 15) is 4.79 Å². The summed E-state index contributed by atoms with van der Waals surface area (Å²) in [5.41, 5.74) is 0.432. The highest BCUT2D eigenvalue weighted by atomic mass is 32.2. The first-order valence-corrected chi connectivity index (χ1v) is 4.39. The van der Waals surface area contributed by atoms with Gasteiger partial charge in [-0.2, -0.15) is 5.10 Å². The highest BCUT2D eigenvalue weighted by Crippen LogP contribution is 2.06. The summed E-state index contributed by atoms with van der Waals surface area (Å²) in [5.74, 6) is -0.914. The molecule has 0 bridgehead atoms. The van der Waals surface area contributed by atoms with E-state index in [0.717, 1.165) is 0 Å². The van der Waals surface area contributed by atoms with Crippen molar-refractivity contribution in [1.82, 2.24) is 15.2 Å². The number of thioether (sulfide) groups is 1. The number of aromatic nitrogens is 3. The smallest absolute Gasteiger partial charge is 0.309 e. The van der Waals surface area contributed by atoms with Gasteiger partial charge in [0.15, 0.2) is 0 Å². The fourth-order valence-electron chi connectivity index (χ4n) is 0.646. The lowest BCUT2D eigenvalue weighted by Gasteiger charge is -1.95. The van der Waals surface area contributed by atoms with E-state index in [2.05, 4.69) is 15.2 Å². The van der Waals surface area contributed by atoms with Crippen LogP contribution in [0.2, 0.25) is 0 Å². The predicted octanol–water partition coefficient (Wildman–Crippen LogP) is 0.221. The number of carboxylic acids is 1. The van der Waals surface area contributed by atoms with Crippen molar-refractivity contribution < 1.29 is 9.90 Å². The van der Waals surface area contributed by atoms with Crippen molar-refractivity contribution in [3.05, 3.63) is 11.9 Å². The highest BCUT2D eigenvalue weighted by Gasteiger charge is 2.03. The Morgan fingerprint density at radius 2 is 2.50 bits per heavy atom. The summed E-state index contributed by atoms with van der Waals surface area (Å²) in [6, 6.07) is 0. The number of aliphatic carboxylic acids is 1. The third-order valence-electron chi connectivity index (χ3n) is 1.10. The van der Waals surface area contributed by atoms with Crippen molar-refractivity contribution in [3.8, 4) is 0 Å². The van der Waals surface area contributed by atoms with Gasteiger partial charge in [0.2, 0.25) is 5.16 Å². The van der Waals surface area contributed by atoms with Crippen molar-refractivity contribution in [1.29, 1.82) is 0 Å². The van der Waals surface area contributed by atoms with Crippen molar-refractivity contribution in [2.24, 2.45) is 0 Å². The molecule has 5 nitrogen and oxygen atoms in total. The Bertz CT molecular complexity index is 292. The molecule has 0 aliphatic carbocycles. The van der Waals surface area contributed by atoms with Crippen LogP contribution in [0, 0.1) is 0 Å². The third-order valence-corrected chi connectivity index (χ3v) is 1.64. The molecule has 0 saturated carbocycles. The van der Waals surface area contributed by atoms with E-state index in [1.54, 1.807) is 0 Å². The largest absolute Gasteiger partial charge is 0.481 e. The number of hydrogen-bond donors (Lipinski definition) is 1. The van der Waals surface area contributed by atoms with Gasteiger partial charge in [-0.1, -0.05) is 11.8 Å². The Kier molecular flexibility index (Phi) is 2.98. The van der Waals surface area contributed by atoms with Gasteiger partial charge in [0.05, 0.1) is 18.3 Å². The van der Waals surface area contributed by atoms with E-state index in [1.165, 1.54) is 18.0 Å². The number of nitrogens with zero attached hydrogens (tertiary/aromatic N) is 3. The maximum absolute atomic E-state index is 10.3. The van der Waals surface area contributed by atoms with Crippen molar-refractivity contribution in [2.75, 3.05) is 6.26 Å². The van der Waals surface area contributed by atoms with Gasteiger partial charge in [0.25, 0.3) is 0 Å². The Balaban J connectivity index is 2.79. The van der Waals surface area contributed by atoms with Gasteiger partial charge >= 0.3 is 5.97 Å². The molecule has 0 radical (unpaired) electrons. The minimum absolute atomic E-state index is 0.108. The van der Waals surface area contributed by atoms with Crippen LogP contribution in [-0.4, -0.2) is 32.5 Å². The molecule has 0 saturated heterocycles. The molecule has 64 valence electrons. The maximum Gasteiger partial charge on any atom is 0.309 e. The third kappa shape index (κ3) is 2.46. The summed E-state index contributed by atoms with van der Waals surface area (Å²) in [7, 11) is 0. The van der Waals surface area contributed by atoms with Crippen LogP contribution in [0.3, 0.4) is 0 Å². The fraction of sp³-hybridized carbons (Fsp3) is 0.333. The molecule has 1 aromatic heterocycles. The van der Waals surface area contributed by atoms with Crippen molar-refractivity contribution >= 4 is 17.7 Å². The molecule has 0 atom stereocenters. The molecule has 0 amide bonds. The Labute approximate surface area is 73.2 Å². The monoisotopic (exact) mass is 185 g/mol. The number of carbonyl (C=O) groups is 1. The van der Waals surface area contributed by atoms with E-state index < -0.39 is 5.97 Å². The van der Waals surface area contributed by atoms with Gasteiger partial charge in [0.1, 0.15) is 0 Å². The van der Waals surface area contributed by atoms with Crippen LogP contribution < -0.4 is 0 Å². The molecule has 0 fully saturated rings. The average Bonchev–Trinajstić information content (AvgIpc) is 2.03. The maximum atomic E-state index is 10.3. The average molecular weight is 185 g/mol. The van der Waals surface area contributed by atoms with Crippen LogP contribution >= 0.6 is 11.8 Å². The summed E-state index contributed by atoms with van der Waals surface area (Å²) in [4.78, 5) is 14.2. The molecule has 6 heteroatoms. The fourth-order valence-corrected chi connectivity index (χ4v) is 0.983. The Morgan fingerprint density at radius 1 is 1.75 bits per heavy atom. The van der Waals surface area contributed by atoms with Gasteiger partial charge in [-0.25, -0.2) is 4.98 Å². The SMILES string of the molecule is CSc1nncc(CC(=O)O)n1. The first-order valence-electron chi connectivity index (χ1n) is 3.16. The number of rotatable bonds is 3. The lowest BCUT2D eigenvalue weighted by atomic mass is 10.3. The molecule has 1 rings (SSSR count). The topological polar surface area (TPSA) is 76.0 Å². The standard InChI is InChI=1S/C6H7N3O2S/c1-12-6-8-4(2-5(10)11)3-7-9-6/h3H,2H2,1H3,(H,10,11). The van der Waals surface area contributed by atoms with Gasteiger partial charge in [-0.15, -0.1) is 5.10 Å². The van der Waals surface area contributed by atoms with Crippen LogP contribution in [-0.2, 0) is 11.2 Å². The minimum Gasteiger partial charge on any atom is -0.481 e. The molecule has 0 aromatic carbocycles. The second-order valence-corrected chi connectivity index (χ2v) is 2.78. The summed E-state index contributed by atoms with van der Waals surface area (Å²) in [6.07, 6.45) is 3.05. The summed E-state index contributed by atoms with van der Waals surface area (Å²) in [6.45, 7) is 0. The van der Waals surface area contributed by atoms with Gasteiger partial charge in [0, 0.05) is 0 Å². The molecule has 0 unspecified atom stereocenters. The zero-order valence-electron chi connectivity index (χ0n) is 6.39. The van der Waals surface area contributed by atoms with Gasteiger partial charge < -0.3 is 5.11 Å². The van der Waals surface area contributed by atoms with E-state index in [4.69, 9.17) is 5.11 Å². The zero-order chi connectivity index (χ0) is 8.97. The Hall–Kier alpha value is -1.17. The summed E-state index contributed by atoms with van der Waals surface area (Å²) in [5, 5.41) is 16.2. The molecule has 12 heavy (non-hydrogen) atoms. The molecule has 0 spiro atoms. The molecule has 0 aliphatic rings. The molecule has 0 aliphatic heterocycles. The normalized spacial score (nSPS) is 9.75. The van der Waals surface area contributed by atoms with E-state index in [-0.39, 0.29) is 6.42 Å². The molecule has 1 N–H and O–H groups in total. The first-order chi connectivity index (χ1) is 5.72. The summed E-state index contributed by atoms with van der Waals surface area (Å²) < 4.78 is 0. The van der Waals surface area contributed by atoms with E-state index in [1.807, 2.05) is 6.26 Å². The quantitative estimate of drug-likeness (QED) is 0.679. The van der Waals surface area contributed by atoms with Gasteiger partial charge in [-0.05, 0) is 6.26 Å². The molecular weight excluding hydrogens is 178 g/mol. The van der Waals surface area contributed by atoms with Crippen LogP contribution in [0.1, 0.15) is 5.69 Å². The number of carboxylic acid groups (broad SMARTS) is 1. The Morgan fingerprint density at radius 3 is 3.08 bits per heavy atom. The van der Waals surface area contributed by atoms with Gasteiger partial charge in [-0.3, -0.25) is 4.79 Å². The lowest BCUT2D eigenvalue weighted by molar-refractivity contribution is -0.136. The van der Waals surface area contributed by atoms with Crippen molar-refractivity contribution in [2.45, 2.75) is 11.6 Å². The zero-order valence-corrected chi connectivity index (χ0v) is 7.21. The van der Waals surface area contributed by atoms with E-state index >= 15 is 0 Å². The van der Waals surface area contributed by atoms with Crippen LogP contribution in [0.25, 0.3) is 0 Å². The van der Waals surface area contributed by atoms with Crippen LogP contribution in [0.5, 0.6) is 0 Å². The second-order valence-electron chi connectivity index (χ2n) is 2.00. The lowest BCUT2D eigenvalue weighted by Crippen LogP contribution is -2.04. The minimum atomic E-state index is -0.914. The second kappa shape index (κ2) is 4.01.